The van der Waals surface area contributed by atoms with Gasteiger partial charge in [0.1, 0.15) is 4.75 Å². The highest BCUT2D eigenvalue weighted by atomic mass is 127. The van der Waals surface area contributed by atoms with Gasteiger partial charge in [-0.3, -0.25) is 14.3 Å². The van der Waals surface area contributed by atoms with E-state index in [2.05, 4.69) is 4.98 Å². The lowest BCUT2D eigenvalue weighted by molar-refractivity contribution is -0.170. The van der Waals surface area contributed by atoms with Crippen molar-refractivity contribution < 1.29 is 18.7 Å². The van der Waals surface area contributed by atoms with Crippen molar-refractivity contribution in [2.45, 2.75) is 29.4 Å². The minimum atomic E-state index is -2.27. The molecule has 28 heavy (non-hydrogen) atoms. The first-order chi connectivity index (χ1) is 13.4. The number of hydrogen-bond donors (Lipinski definition) is 1. The monoisotopic (exact) mass is 518 g/mol. The molecule has 1 N–H and O–H groups in total. The van der Waals surface area contributed by atoms with Gasteiger partial charge in [0.05, 0.1) is 9.99 Å². The zero-order chi connectivity index (χ0) is 19.9. The van der Waals surface area contributed by atoms with Crippen molar-refractivity contribution in [3.8, 4) is 0 Å². The van der Waals surface area contributed by atoms with Gasteiger partial charge in [-0.25, -0.2) is 14.0 Å². The standard InChI is InChI=1S/C18H16FIN2O5S/c19-18(10-20)14(26-13(24)11-4-2-1-3-5-11)17(7-9-28-17)15(27-18)22-8-6-12(23)21-16(22)25/h1-6,8,14-15H,7,9-10H2,(H,21,23,25)/t14-,15+,17+,18+/m0/s1. The highest BCUT2D eigenvalue weighted by molar-refractivity contribution is 14.1. The molecule has 0 amide bonds. The molecule has 0 unspecified atom stereocenters. The summed E-state index contributed by atoms with van der Waals surface area (Å²) < 4.78 is 27.2. The Morgan fingerprint density at radius 1 is 1.36 bits per heavy atom. The number of benzene rings is 1. The summed E-state index contributed by atoms with van der Waals surface area (Å²) in [5, 5.41) is 0. The van der Waals surface area contributed by atoms with Gasteiger partial charge < -0.3 is 9.47 Å². The number of ether oxygens (including phenoxy) is 2. The van der Waals surface area contributed by atoms with Gasteiger partial charge in [0, 0.05) is 12.3 Å². The van der Waals surface area contributed by atoms with E-state index in [1.165, 1.54) is 24.0 Å². The second-order valence-electron chi connectivity index (χ2n) is 6.61. The second-order valence-corrected chi connectivity index (χ2v) is 8.83. The van der Waals surface area contributed by atoms with Gasteiger partial charge in [-0.15, -0.1) is 11.8 Å². The molecular formula is C18H16FIN2O5S. The van der Waals surface area contributed by atoms with Crippen LogP contribution in [0, 0.1) is 0 Å². The van der Waals surface area contributed by atoms with Crippen molar-refractivity contribution in [1.82, 2.24) is 9.55 Å². The average molecular weight is 518 g/mol. The van der Waals surface area contributed by atoms with Crippen LogP contribution in [-0.2, 0) is 9.47 Å². The van der Waals surface area contributed by atoms with E-state index in [9.17, 15) is 14.4 Å². The van der Waals surface area contributed by atoms with E-state index >= 15 is 4.39 Å². The molecule has 3 heterocycles. The minimum absolute atomic E-state index is 0.0889. The van der Waals surface area contributed by atoms with Crippen LogP contribution in [0.3, 0.4) is 0 Å². The fourth-order valence-corrected chi connectivity index (χ4v) is 5.46. The van der Waals surface area contributed by atoms with Crippen LogP contribution in [0.1, 0.15) is 23.0 Å². The maximum absolute atomic E-state index is 15.7. The Labute approximate surface area is 176 Å². The first kappa shape index (κ1) is 19.6. The SMILES string of the molecule is O=C(O[C@H]1[C@]2(CCS2)[C@H](n2ccc(=O)[nH]c2=O)O[C@]1(F)CI)c1ccccc1. The van der Waals surface area contributed by atoms with Crippen molar-refractivity contribution >= 4 is 40.3 Å². The molecule has 1 aromatic carbocycles. The molecule has 1 spiro atoms. The molecule has 4 rings (SSSR count). The zero-order valence-electron chi connectivity index (χ0n) is 14.5. The lowest BCUT2D eigenvalue weighted by Gasteiger charge is -2.44. The van der Waals surface area contributed by atoms with E-state index in [1.54, 1.807) is 30.3 Å². The van der Waals surface area contributed by atoms with Gasteiger partial charge in [0.25, 0.3) is 11.4 Å². The van der Waals surface area contributed by atoms with Crippen LogP contribution in [0.25, 0.3) is 0 Å². The predicted octanol–water partition coefficient (Wildman–Crippen LogP) is 2.27. The van der Waals surface area contributed by atoms with Crippen molar-refractivity contribution in [2.75, 3.05) is 10.2 Å². The largest absolute Gasteiger partial charge is 0.451 e. The van der Waals surface area contributed by atoms with Gasteiger partial charge in [-0.2, -0.15) is 0 Å². The molecule has 7 nitrogen and oxygen atoms in total. The Hall–Kier alpha value is -1.66. The van der Waals surface area contributed by atoms with Crippen molar-refractivity contribution in [1.29, 1.82) is 0 Å². The fraction of sp³-hybridized carbons (Fsp3) is 0.389. The number of H-pyrrole nitrogens is 1. The number of thioether (sulfide) groups is 1. The highest BCUT2D eigenvalue weighted by Gasteiger charge is 2.70. The minimum Gasteiger partial charge on any atom is -0.451 e. The number of hydrogen-bond acceptors (Lipinski definition) is 6. The number of aromatic nitrogens is 2. The summed E-state index contributed by atoms with van der Waals surface area (Å²) in [4.78, 5) is 38.5. The number of carbonyl (C=O) groups is 1. The number of halogens is 2. The van der Waals surface area contributed by atoms with E-state index in [1.807, 2.05) is 22.6 Å². The van der Waals surface area contributed by atoms with Gasteiger partial charge in [-0.1, -0.05) is 40.8 Å². The average Bonchev–Trinajstić information content (AvgIpc) is 2.92. The Bertz CT molecular complexity index is 1010. The van der Waals surface area contributed by atoms with Crippen LogP contribution >= 0.6 is 34.4 Å². The normalized spacial score (nSPS) is 31.5. The van der Waals surface area contributed by atoms with E-state index in [0.29, 0.717) is 17.7 Å². The number of alkyl halides is 2. The van der Waals surface area contributed by atoms with Gasteiger partial charge in [0.15, 0.2) is 12.3 Å². The molecule has 0 bridgehead atoms. The third-order valence-electron chi connectivity index (χ3n) is 4.94. The van der Waals surface area contributed by atoms with Gasteiger partial charge in [0.2, 0.25) is 0 Å². The van der Waals surface area contributed by atoms with Crippen LogP contribution < -0.4 is 11.2 Å². The van der Waals surface area contributed by atoms with Crippen LogP contribution in [0.5, 0.6) is 0 Å². The summed E-state index contributed by atoms with van der Waals surface area (Å²) in [5.74, 6) is -2.20. The molecule has 10 heteroatoms. The second kappa shape index (κ2) is 7.30. The molecule has 2 fully saturated rings. The van der Waals surface area contributed by atoms with Crippen LogP contribution in [0.4, 0.5) is 4.39 Å². The Kier molecular flexibility index (Phi) is 5.12. The van der Waals surface area contributed by atoms with Crippen molar-refractivity contribution in [2.24, 2.45) is 0 Å². The maximum atomic E-state index is 15.7. The van der Waals surface area contributed by atoms with Crippen LogP contribution in [-0.4, -0.2) is 42.4 Å². The van der Waals surface area contributed by atoms with Crippen molar-refractivity contribution in [3.05, 3.63) is 69.0 Å². The first-order valence-corrected chi connectivity index (χ1v) is 11.0. The molecule has 148 valence electrons. The number of carbonyl (C=O) groups excluding carboxylic acids is 1. The summed E-state index contributed by atoms with van der Waals surface area (Å²) in [6, 6.07) is 9.51. The molecule has 1 aromatic heterocycles. The Morgan fingerprint density at radius 2 is 2.07 bits per heavy atom. The molecule has 0 radical (unpaired) electrons. The van der Waals surface area contributed by atoms with E-state index < -0.39 is 40.2 Å². The predicted molar refractivity (Wildman–Crippen MR) is 110 cm³/mol. The number of aromatic amines is 1. The summed E-state index contributed by atoms with van der Waals surface area (Å²) in [6.45, 7) is 0. The molecule has 4 atom stereocenters. The number of nitrogens with zero attached hydrogens (tertiary/aromatic N) is 1. The summed E-state index contributed by atoms with van der Waals surface area (Å²) in [5.41, 5.74) is -0.945. The van der Waals surface area contributed by atoms with Crippen LogP contribution in [0.2, 0.25) is 0 Å². The molecule has 2 aliphatic heterocycles. The maximum Gasteiger partial charge on any atom is 0.338 e. The van der Waals surface area contributed by atoms with E-state index in [4.69, 9.17) is 9.47 Å². The van der Waals surface area contributed by atoms with Crippen molar-refractivity contribution in [3.63, 3.8) is 0 Å². The third kappa shape index (κ3) is 3.11. The Morgan fingerprint density at radius 3 is 2.64 bits per heavy atom. The smallest absolute Gasteiger partial charge is 0.338 e. The topological polar surface area (TPSA) is 90.4 Å². The molecule has 0 aliphatic carbocycles. The molecule has 2 aromatic rings. The number of rotatable bonds is 4. The first-order valence-electron chi connectivity index (χ1n) is 8.54. The molecular weight excluding hydrogens is 502 g/mol. The highest BCUT2D eigenvalue weighted by Crippen LogP contribution is 2.61. The quantitative estimate of drug-likeness (QED) is 0.380. The Balaban J connectivity index is 1.73. The van der Waals surface area contributed by atoms with Crippen LogP contribution in [0.15, 0.2) is 52.2 Å². The van der Waals surface area contributed by atoms with E-state index in [0.717, 1.165) is 4.57 Å². The summed E-state index contributed by atoms with van der Waals surface area (Å²) >= 11 is 3.23. The fourth-order valence-electron chi connectivity index (χ4n) is 3.52. The summed E-state index contributed by atoms with van der Waals surface area (Å²) in [6.07, 6.45) is -0.430. The molecule has 2 saturated heterocycles. The number of nitrogens with one attached hydrogen (secondary N) is 1. The zero-order valence-corrected chi connectivity index (χ0v) is 17.4. The number of esters is 1. The van der Waals surface area contributed by atoms with Gasteiger partial charge >= 0.3 is 11.7 Å². The van der Waals surface area contributed by atoms with E-state index in [-0.39, 0.29) is 4.43 Å². The summed E-state index contributed by atoms with van der Waals surface area (Å²) in [7, 11) is 0. The molecule has 2 aliphatic rings. The molecule has 0 saturated carbocycles. The lowest BCUT2D eigenvalue weighted by atomic mass is 9.93. The lowest BCUT2D eigenvalue weighted by Crippen LogP contribution is -2.55. The van der Waals surface area contributed by atoms with Gasteiger partial charge in [-0.05, 0) is 24.3 Å². The third-order valence-corrected chi connectivity index (χ3v) is 7.55.